The second kappa shape index (κ2) is 8.08. The maximum Gasteiger partial charge on any atom is 0.0992 e. The number of rotatable bonds is 3. The number of nitriles is 1. The highest BCUT2D eigenvalue weighted by Crippen LogP contribution is 2.35. The van der Waals surface area contributed by atoms with Crippen molar-refractivity contribution in [3.05, 3.63) is 59.9 Å². The Morgan fingerprint density at radius 3 is 2.89 bits per heavy atom. The normalized spacial score (nSPS) is 23.7. The van der Waals surface area contributed by atoms with Gasteiger partial charge >= 0.3 is 0 Å². The zero-order valence-electron chi connectivity index (χ0n) is 15.7. The molecule has 0 aliphatic carbocycles. The highest BCUT2D eigenvalue weighted by atomic mass is 16.5. The SMILES string of the molecule is N#Cc1cccc(N2CCOC[C@@]3(CCCN(Cc4ccncc4)C3)C2)c1. The fourth-order valence-electron chi connectivity index (χ4n) is 4.42. The number of anilines is 1. The Bertz CT molecular complexity index is 803. The molecule has 0 amide bonds. The van der Waals surface area contributed by atoms with E-state index in [4.69, 9.17) is 4.74 Å². The molecule has 1 spiro atoms. The van der Waals surface area contributed by atoms with Crippen LogP contribution < -0.4 is 4.90 Å². The lowest BCUT2D eigenvalue weighted by molar-refractivity contribution is 0.0106. The molecule has 0 N–H and O–H groups in total. The lowest BCUT2D eigenvalue weighted by Gasteiger charge is -2.44. The van der Waals surface area contributed by atoms with E-state index in [1.165, 1.54) is 18.4 Å². The van der Waals surface area contributed by atoms with Gasteiger partial charge in [0, 0.05) is 49.7 Å². The van der Waals surface area contributed by atoms with Crippen molar-refractivity contribution in [1.29, 1.82) is 5.26 Å². The van der Waals surface area contributed by atoms with Gasteiger partial charge in [-0.05, 0) is 55.3 Å². The van der Waals surface area contributed by atoms with Gasteiger partial charge in [-0.3, -0.25) is 9.88 Å². The summed E-state index contributed by atoms with van der Waals surface area (Å²) < 4.78 is 6.05. The number of pyridine rings is 1. The summed E-state index contributed by atoms with van der Waals surface area (Å²) in [5, 5.41) is 9.23. The van der Waals surface area contributed by atoms with Gasteiger partial charge in [0.2, 0.25) is 0 Å². The molecular weight excluding hydrogens is 336 g/mol. The molecule has 27 heavy (non-hydrogen) atoms. The van der Waals surface area contributed by atoms with Crippen LogP contribution in [0, 0.1) is 16.7 Å². The Morgan fingerprint density at radius 1 is 1.15 bits per heavy atom. The van der Waals surface area contributed by atoms with Crippen LogP contribution in [-0.2, 0) is 11.3 Å². The van der Waals surface area contributed by atoms with E-state index in [-0.39, 0.29) is 5.41 Å². The maximum absolute atomic E-state index is 9.23. The van der Waals surface area contributed by atoms with Crippen LogP contribution in [-0.4, -0.2) is 49.3 Å². The van der Waals surface area contributed by atoms with E-state index in [9.17, 15) is 5.26 Å². The molecule has 0 bridgehead atoms. The molecule has 2 aliphatic heterocycles. The summed E-state index contributed by atoms with van der Waals surface area (Å²) in [4.78, 5) is 9.08. The molecule has 4 rings (SSSR count). The first-order valence-corrected chi connectivity index (χ1v) is 9.71. The van der Waals surface area contributed by atoms with Gasteiger partial charge in [-0.2, -0.15) is 5.26 Å². The van der Waals surface area contributed by atoms with Crippen LogP contribution >= 0.6 is 0 Å². The van der Waals surface area contributed by atoms with Crippen LogP contribution in [0.15, 0.2) is 48.8 Å². The van der Waals surface area contributed by atoms with Crippen LogP contribution in [0.1, 0.15) is 24.0 Å². The molecule has 3 heterocycles. The maximum atomic E-state index is 9.23. The van der Waals surface area contributed by atoms with Crippen LogP contribution in [0.4, 0.5) is 5.69 Å². The molecule has 140 valence electrons. The van der Waals surface area contributed by atoms with Gasteiger partial charge < -0.3 is 9.64 Å². The molecule has 5 nitrogen and oxygen atoms in total. The minimum Gasteiger partial charge on any atom is -0.379 e. The number of aromatic nitrogens is 1. The van der Waals surface area contributed by atoms with Crippen molar-refractivity contribution in [2.45, 2.75) is 19.4 Å². The fraction of sp³-hybridized carbons (Fsp3) is 0.455. The van der Waals surface area contributed by atoms with Crippen LogP contribution in [0.3, 0.4) is 0 Å². The summed E-state index contributed by atoms with van der Waals surface area (Å²) in [6.45, 7) is 6.55. The molecule has 2 fully saturated rings. The molecular formula is C22H26N4O. The summed E-state index contributed by atoms with van der Waals surface area (Å²) in [6, 6.07) is 14.4. The number of hydrogen-bond donors (Lipinski definition) is 0. The monoisotopic (exact) mass is 362 g/mol. The van der Waals surface area contributed by atoms with E-state index in [0.717, 1.165) is 57.2 Å². The zero-order chi connectivity index (χ0) is 18.5. The van der Waals surface area contributed by atoms with Crippen LogP contribution in [0.25, 0.3) is 0 Å². The van der Waals surface area contributed by atoms with Crippen molar-refractivity contribution in [1.82, 2.24) is 9.88 Å². The number of likely N-dealkylation sites (tertiary alicyclic amines) is 1. The Balaban J connectivity index is 1.51. The summed E-state index contributed by atoms with van der Waals surface area (Å²) in [7, 11) is 0. The van der Waals surface area contributed by atoms with Gasteiger partial charge in [-0.1, -0.05) is 6.07 Å². The lowest BCUT2D eigenvalue weighted by Crippen LogP contribution is -2.50. The Morgan fingerprint density at radius 2 is 2.04 bits per heavy atom. The lowest BCUT2D eigenvalue weighted by atomic mass is 9.80. The van der Waals surface area contributed by atoms with Gasteiger partial charge in [0.15, 0.2) is 0 Å². The minimum atomic E-state index is 0.143. The summed E-state index contributed by atoms with van der Waals surface area (Å²) in [5.74, 6) is 0. The van der Waals surface area contributed by atoms with Gasteiger partial charge in [-0.15, -0.1) is 0 Å². The predicted octanol–water partition coefficient (Wildman–Crippen LogP) is 3.07. The first-order chi connectivity index (χ1) is 13.3. The number of piperidine rings is 1. The van der Waals surface area contributed by atoms with Gasteiger partial charge in [-0.25, -0.2) is 0 Å². The van der Waals surface area contributed by atoms with E-state index >= 15 is 0 Å². The van der Waals surface area contributed by atoms with Gasteiger partial charge in [0.25, 0.3) is 0 Å². The first-order valence-electron chi connectivity index (χ1n) is 9.71. The Labute approximate surface area is 161 Å². The topological polar surface area (TPSA) is 52.4 Å². The molecule has 1 aromatic heterocycles. The Hall–Kier alpha value is -2.42. The molecule has 2 aromatic rings. The number of nitrogens with zero attached hydrogens (tertiary/aromatic N) is 4. The van der Waals surface area contributed by atoms with Gasteiger partial charge in [0.05, 0.1) is 24.8 Å². The molecule has 0 saturated carbocycles. The third kappa shape index (κ3) is 4.29. The number of ether oxygens (including phenoxy) is 1. The van der Waals surface area contributed by atoms with Crippen molar-refractivity contribution in [2.24, 2.45) is 5.41 Å². The van der Waals surface area contributed by atoms with E-state index < -0.39 is 0 Å². The molecule has 2 saturated heterocycles. The smallest absolute Gasteiger partial charge is 0.0992 e. The summed E-state index contributed by atoms with van der Waals surface area (Å²) >= 11 is 0. The van der Waals surface area contributed by atoms with Crippen LogP contribution in [0.2, 0.25) is 0 Å². The van der Waals surface area contributed by atoms with E-state index in [2.05, 4.69) is 39.1 Å². The quantitative estimate of drug-likeness (QED) is 0.840. The van der Waals surface area contributed by atoms with Crippen molar-refractivity contribution in [3.63, 3.8) is 0 Å². The minimum absolute atomic E-state index is 0.143. The first kappa shape index (κ1) is 18.0. The number of benzene rings is 1. The average molecular weight is 362 g/mol. The van der Waals surface area contributed by atoms with E-state index in [1.54, 1.807) is 0 Å². The summed E-state index contributed by atoms with van der Waals surface area (Å²) in [6.07, 6.45) is 6.12. The highest BCUT2D eigenvalue weighted by Gasteiger charge is 2.39. The largest absolute Gasteiger partial charge is 0.379 e. The van der Waals surface area contributed by atoms with Gasteiger partial charge in [0.1, 0.15) is 0 Å². The summed E-state index contributed by atoms with van der Waals surface area (Å²) in [5.41, 5.74) is 3.31. The fourth-order valence-corrected chi connectivity index (χ4v) is 4.42. The number of hydrogen-bond acceptors (Lipinski definition) is 5. The molecule has 1 atom stereocenters. The predicted molar refractivity (Wildman–Crippen MR) is 105 cm³/mol. The molecule has 1 aromatic carbocycles. The zero-order valence-corrected chi connectivity index (χ0v) is 15.7. The van der Waals surface area contributed by atoms with Crippen molar-refractivity contribution in [2.75, 3.05) is 44.3 Å². The Kier molecular flexibility index (Phi) is 5.38. The van der Waals surface area contributed by atoms with Crippen molar-refractivity contribution >= 4 is 5.69 Å². The third-order valence-electron chi connectivity index (χ3n) is 5.68. The second-order valence-electron chi connectivity index (χ2n) is 7.81. The second-order valence-corrected chi connectivity index (χ2v) is 7.81. The molecule has 0 unspecified atom stereocenters. The standard InChI is InChI=1S/C22H26N4O/c23-14-20-3-1-4-21(13-20)26-11-12-27-18-22(17-26)7-2-10-25(16-22)15-19-5-8-24-9-6-19/h1,3-6,8-9,13H,2,7,10-12,15-18H2/t22-/m1/s1. The highest BCUT2D eigenvalue weighted by molar-refractivity contribution is 5.52. The van der Waals surface area contributed by atoms with E-state index in [1.807, 2.05) is 30.6 Å². The van der Waals surface area contributed by atoms with Crippen molar-refractivity contribution < 1.29 is 4.74 Å². The molecule has 5 heteroatoms. The average Bonchev–Trinajstić information content (AvgIpc) is 2.91. The van der Waals surface area contributed by atoms with E-state index in [0.29, 0.717) is 0 Å². The third-order valence-corrected chi connectivity index (χ3v) is 5.68. The molecule has 0 radical (unpaired) electrons. The van der Waals surface area contributed by atoms with Crippen molar-refractivity contribution in [3.8, 4) is 6.07 Å². The molecule has 2 aliphatic rings. The van der Waals surface area contributed by atoms with Crippen LogP contribution in [0.5, 0.6) is 0 Å².